The van der Waals surface area contributed by atoms with Gasteiger partial charge < -0.3 is 15.6 Å². The minimum atomic E-state index is -4.96. The molecule has 4 N–H and O–H groups in total. The lowest BCUT2D eigenvalue weighted by atomic mass is 10.1. The van der Waals surface area contributed by atoms with E-state index in [9.17, 15) is 22.8 Å². The monoisotopic (exact) mass is 266 g/mol. The Bertz CT molecular complexity index is 510. The zero-order chi connectivity index (χ0) is 13.9. The number of H-pyrrole nitrogens is 1. The molecule has 0 saturated carbocycles. The summed E-state index contributed by atoms with van der Waals surface area (Å²) in [5.41, 5.74) is 4.06. The second kappa shape index (κ2) is 5.08. The SMILES string of the molecule is NCc1cc(OC(F)(F)F)[nH]c(=O)c1CC(=O)O. The fraction of sp³-hybridized carbons (Fsp3) is 0.333. The predicted octanol–water partition coefficient (Wildman–Crippen LogP) is 0.359. The molecule has 1 aromatic rings. The molecule has 0 atom stereocenters. The predicted molar refractivity (Wildman–Crippen MR) is 53.0 cm³/mol. The van der Waals surface area contributed by atoms with Gasteiger partial charge in [0.15, 0.2) is 0 Å². The summed E-state index contributed by atoms with van der Waals surface area (Å²) >= 11 is 0. The number of aliphatic carboxylic acids is 1. The van der Waals surface area contributed by atoms with Crippen molar-refractivity contribution in [1.29, 1.82) is 0 Å². The Kier molecular flexibility index (Phi) is 3.96. The van der Waals surface area contributed by atoms with Crippen LogP contribution < -0.4 is 16.0 Å². The lowest BCUT2D eigenvalue weighted by Crippen LogP contribution is -2.24. The molecule has 9 heteroatoms. The standard InChI is InChI=1S/C9H9F3N2O4/c10-9(11,12)18-6-1-4(3-13)5(2-7(15)16)8(17)14-6/h1H,2-3,13H2,(H,14,17)(H,15,16). The Morgan fingerprint density at radius 3 is 2.56 bits per heavy atom. The van der Waals surface area contributed by atoms with Crippen LogP contribution in [0.3, 0.4) is 0 Å². The fourth-order valence-electron chi connectivity index (χ4n) is 1.32. The second-order valence-corrected chi connectivity index (χ2v) is 3.29. The maximum atomic E-state index is 11.9. The molecule has 0 fully saturated rings. The van der Waals surface area contributed by atoms with Crippen LogP contribution in [0, 0.1) is 0 Å². The average molecular weight is 266 g/mol. The first-order chi connectivity index (χ1) is 8.23. The van der Waals surface area contributed by atoms with Crippen LogP contribution in [0.4, 0.5) is 13.2 Å². The maximum Gasteiger partial charge on any atom is 0.574 e. The lowest BCUT2D eigenvalue weighted by molar-refractivity contribution is -0.276. The number of ether oxygens (including phenoxy) is 1. The number of nitrogens with two attached hydrogens (primary N) is 1. The first-order valence-electron chi connectivity index (χ1n) is 4.65. The van der Waals surface area contributed by atoms with Crippen LogP contribution >= 0.6 is 0 Å². The van der Waals surface area contributed by atoms with E-state index in [1.165, 1.54) is 0 Å². The molecule has 0 radical (unpaired) electrons. The number of carboxylic acid groups (broad SMARTS) is 1. The third kappa shape index (κ3) is 3.77. The van der Waals surface area contributed by atoms with Crippen LogP contribution in [0.2, 0.25) is 0 Å². The summed E-state index contributed by atoms with van der Waals surface area (Å²) in [5.74, 6) is -2.12. The van der Waals surface area contributed by atoms with Crippen LogP contribution in [0.5, 0.6) is 5.88 Å². The highest BCUT2D eigenvalue weighted by Crippen LogP contribution is 2.21. The molecule has 6 nitrogen and oxygen atoms in total. The molecule has 100 valence electrons. The molecule has 1 heterocycles. The van der Waals surface area contributed by atoms with Crippen LogP contribution in [-0.2, 0) is 17.8 Å². The summed E-state index contributed by atoms with van der Waals surface area (Å²) in [5, 5.41) is 8.56. The number of hydrogen-bond donors (Lipinski definition) is 3. The van der Waals surface area contributed by atoms with Crippen molar-refractivity contribution >= 4 is 5.97 Å². The molecule has 0 aliphatic heterocycles. The van der Waals surface area contributed by atoms with Crippen molar-refractivity contribution < 1.29 is 27.8 Å². The van der Waals surface area contributed by atoms with E-state index >= 15 is 0 Å². The van der Waals surface area contributed by atoms with E-state index in [-0.39, 0.29) is 17.7 Å². The molecule has 18 heavy (non-hydrogen) atoms. The minimum absolute atomic E-state index is 0.0135. The Labute approximate surface area is 98.2 Å². The van der Waals surface area contributed by atoms with Gasteiger partial charge in [0, 0.05) is 18.2 Å². The normalized spacial score (nSPS) is 11.3. The van der Waals surface area contributed by atoms with E-state index in [1.54, 1.807) is 4.98 Å². The molecule has 0 spiro atoms. The molecule has 0 unspecified atom stereocenters. The van der Waals surface area contributed by atoms with Crippen molar-refractivity contribution in [3.63, 3.8) is 0 Å². The number of aromatic nitrogens is 1. The third-order valence-electron chi connectivity index (χ3n) is 1.98. The van der Waals surface area contributed by atoms with Gasteiger partial charge in [0.1, 0.15) is 0 Å². The summed E-state index contributed by atoms with van der Waals surface area (Å²) < 4.78 is 39.4. The summed E-state index contributed by atoms with van der Waals surface area (Å²) in [6, 6.07) is 0.854. The second-order valence-electron chi connectivity index (χ2n) is 3.29. The number of alkyl halides is 3. The quantitative estimate of drug-likeness (QED) is 0.729. The number of carbonyl (C=O) groups is 1. The van der Waals surface area contributed by atoms with E-state index in [4.69, 9.17) is 10.8 Å². The topological polar surface area (TPSA) is 105 Å². The highest BCUT2D eigenvalue weighted by Gasteiger charge is 2.32. The van der Waals surface area contributed by atoms with Gasteiger partial charge in [-0.3, -0.25) is 14.6 Å². The number of halogens is 3. The highest BCUT2D eigenvalue weighted by molar-refractivity contribution is 5.70. The smallest absolute Gasteiger partial charge is 0.481 e. The summed E-state index contributed by atoms with van der Waals surface area (Å²) in [7, 11) is 0. The molecule has 0 bridgehead atoms. The molecule has 0 aromatic carbocycles. The number of rotatable bonds is 4. The number of carboxylic acids is 1. The zero-order valence-corrected chi connectivity index (χ0v) is 8.87. The van der Waals surface area contributed by atoms with Crippen molar-refractivity contribution in [2.75, 3.05) is 0 Å². The van der Waals surface area contributed by atoms with Crippen molar-refractivity contribution in [2.24, 2.45) is 5.73 Å². The van der Waals surface area contributed by atoms with Gasteiger partial charge in [-0.1, -0.05) is 0 Å². The van der Waals surface area contributed by atoms with Gasteiger partial charge in [-0.2, -0.15) is 0 Å². The largest absolute Gasteiger partial charge is 0.574 e. The lowest BCUT2D eigenvalue weighted by Gasteiger charge is -2.11. The van der Waals surface area contributed by atoms with Crippen LogP contribution in [0.1, 0.15) is 11.1 Å². The van der Waals surface area contributed by atoms with Crippen molar-refractivity contribution in [2.45, 2.75) is 19.3 Å². The zero-order valence-electron chi connectivity index (χ0n) is 8.87. The molecule has 0 aliphatic carbocycles. The summed E-state index contributed by atoms with van der Waals surface area (Å²) in [6.45, 7) is -0.277. The molecule has 0 saturated heterocycles. The molecule has 0 aliphatic rings. The highest BCUT2D eigenvalue weighted by atomic mass is 19.4. The van der Waals surface area contributed by atoms with E-state index in [1.807, 2.05) is 0 Å². The Morgan fingerprint density at radius 1 is 1.50 bits per heavy atom. The van der Waals surface area contributed by atoms with Gasteiger partial charge in [0.25, 0.3) is 5.56 Å². The van der Waals surface area contributed by atoms with E-state index < -0.39 is 30.2 Å². The average Bonchev–Trinajstić information content (AvgIpc) is 2.18. The molecule has 0 amide bonds. The van der Waals surface area contributed by atoms with Crippen molar-refractivity contribution in [1.82, 2.24) is 4.98 Å². The van der Waals surface area contributed by atoms with Gasteiger partial charge in [0.05, 0.1) is 6.42 Å². The van der Waals surface area contributed by atoms with E-state index in [0.717, 1.165) is 6.07 Å². The van der Waals surface area contributed by atoms with Gasteiger partial charge in [0.2, 0.25) is 5.88 Å². The number of hydrogen-bond acceptors (Lipinski definition) is 4. The van der Waals surface area contributed by atoms with Crippen LogP contribution in [0.25, 0.3) is 0 Å². The minimum Gasteiger partial charge on any atom is -0.481 e. The molecule has 1 aromatic heterocycles. The van der Waals surface area contributed by atoms with Crippen molar-refractivity contribution in [3.8, 4) is 5.88 Å². The molecule has 1 rings (SSSR count). The van der Waals surface area contributed by atoms with Crippen molar-refractivity contribution in [3.05, 3.63) is 27.5 Å². The molecular weight excluding hydrogens is 257 g/mol. The Balaban J connectivity index is 3.19. The maximum absolute atomic E-state index is 11.9. The first kappa shape index (κ1) is 14.0. The Hall–Kier alpha value is -2.03. The van der Waals surface area contributed by atoms with E-state index in [0.29, 0.717) is 0 Å². The third-order valence-corrected chi connectivity index (χ3v) is 1.98. The number of aromatic amines is 1. The number of nitrogens with one attached hydrogen (secondary N) is 1. The van der Waals surface area contributed by atoms with Gasteiger partial charge in [-0.05, 0) is 5.56 Å². The summed E-state index contributed by atoms with van der Waals surface area (Å²) in [6.07, 6.45) is -5.59. The van der Waals surface area contributed by atoms with Crippen LogP contribution in [-0.4, -0.2) is 22.4 Å². The number of pyridine rings is 1. The fourth-order valence-corrected chi connectivity index (χ4v) is 1.32. The Morgan fingerprint density at radius 2 is 2.11 bits per heavy atom. The molecular formula is C9H9F3N2O4. The van der Waals surface area contributed by atoms with Gasteiger partial charge in [-0.15, -0.1) is 13.2 Å². The van der Waals surface area contributed by atoms with Crippen LogP contribution in [0.15, 0.2) is 10.9 Å². The van der Waals surface area contributed by atoms with Gasteiger partial charge in [-0.25, -0.2) is 0 Å². The van der Waals surface area contributed by atoms with E-state index in [2.05, 4.69) is 4.74 Å². The summed E-state index contributed by atoms with van der Waals surface area (Å²) in [4.78, 5) is 23.7. The van der Waals surface area contributed by atoms with Gasteiger partial charge >= 0.3 is 12.3 Å². The first-order valence-corrected chi connectivity index (χ1v) is 4.65.